The Kier molecular flexibility index (Phi) is 7.76. The van der Waals surface area contributed by atoms with Crippen LogP contribution < -0.4 is 0 Å². The average Bonchev–Trinajstić information content (AvgIpc) is 2.98. The van der Waals surface area contributed by atoms with Gasteiger partial charge in [-0.3, -0.25) is 0 Å². The normalized spacial score (nSPS) is 29.0. The number of hydrogen-bond acceptors (Lipinski definition) is 3. The van der Waals surface area contributed by atoms with Gasteiger partial charge in [-0.05, 0) is 57.3 Å². The highest BCUT2D eigenvalue weighted by molar-refractivity contribution is 5.02. The minimum absolute atomic E-state index is 0.0441. The summed E-state index contributed by atoms with van der Waals surface area (Å²) >= 11 is 0. The maximum Gasteiger partial charge on any atom is 0.417 e. The van der Waals surface area contributed by atoms with Crippen molar-refractivity contribution in [1.29, 1.82) is 5.26 Å². The van der Waals surface area contributed by atoms with Crippen molar-refractivity contribution in [2.75, 3.05) is 6.61 Å². The van der Waals surface area contributed by atoms with Crippen LogP contribution in [0.25, 0.3) is 0 Å². The molecular weight excluding hydrogens is 331 g/mol. The molecule has 0 heterocycles. The zero-order valence-corrected chi connectivity index (χ0v) is 16.1. The summed E-state index contributed by atoms with van der Waals surface area (Å²) in [6, 6.07) is 2.21. The van der Waals surface area contributed by atoms with E-state index in [1.54, 1.807) is 0 Å². The first-order chi connectivity index (χ1) is 11.5. The summed E-state index contributed by atoms with van der Waals surface area (Å²) in [6.07, 6.45) is -2.86. The summed E-state index contributed by atoms with van der Waals surface area (Å²) in [4.78, 5) is 0. The summed E-state index contributed by atoms with van der Waals surface area (Å²) in [6.45, 7) is 9.65. The summed E-state index contributed by atoms with van der Waals surface area (Å²) < 4.78 is 52.4. The van der Waals surface area contributed by atoms with Gasteiger partial charge in [0.1, 0.15) is 0 Å². The Bertz CT molecular complexity index is 463. The molecule has 0 bridgehead atoms. The molecule has 1 rings (SSSR count). The quantitative estimate of drug-likeness (QED) is 0.483. The second-order valence-corrected chi connectivity index (χ2v) is 7.73. The zero-order chi connectivity index (χ0) is 19.3. The van der Waals surface area contributed by atoms with E-state index in [2.05, 4.69) is 6.07 Å². The van der Waals surface area contributed by atoms with Gasteiger partial charge in [0.05, 0.1) is 6.07 Å². The molecule has 0 N–H and O–H groups in total. The molecule has 0 amide bonds. The van der Waals surface area contributed by atoms with Crippen LogP contribution in [-0.2, 0) is 9.47 Å². The number of ether oxygens (including phenoxy) is 2. The van der Waals surface area contributed by atoms with Gasteiger partial charge in [-0.2, -0.15) is 18.4 Å². The molecule has 0 aromatic carbocycles. The molecule has 5 atom stereocenters. The van der Waals surface area contributed by atoms with Gasteiger partial charge in [0.25, 0.3) is 0 Å². The van der Waals surface area contributed by atoms with E-state index in [0.29, 0.717) is 19.4 Å². The maximum absolute atomic E-state index is 13.9. The number of rotatable bonds is 9. The third-order valence-electron chi connectivity index (χ3n) is 5.72. The molecular formula is C19H32F3NO2. The first-order valence-electron chi connectivity index (χ1n) is 9.29. The third kappa shape index (κ3) is 5.34. The van der Waals surface area contributed by atoms with Crippen molar-refractivity contribution in [1.82, 2.24) is 0 Å². The second kappa shape index (κ2) is 8.73. The average molecular weight is 363 g/mol. The molecule has 1 aliphatic rings. The molecule has 146 valence electrons. The predicted molar refractivity (Wildman–Crippen MR) is 90.7 cm³/mol. The van der Waals surface area contributed by atoms with Crippen LogP contribution in [0.2, 0.25) is 0 Å². The Hall–Kier alpha value is -0.800. The van der Waals surface area contributed by atoms with Crippen molar-refractivity contribution >= 4 is 0 Å². The predicted octanol–water partition coefficient (Wildman–Crippen LogP) is 5.84. The fourth-order valence-corrected chi connectivity index (χ4v) is 4.02. The molecule has 1 fully saturated rings. The standard InChI is InChI=1S/C19H32F3NO2/c1-6-10-24-15(4)25-18(19(20,21)22)9-8-16(12-18)17(5,7-2)11-14(3)13-23/h14-16H,6-12H2,1-5H3. The Morgan fingerprint density at radius 2 is 1.92 bits per heavy atom. The van der Waals surface area contributed by atoms with Gasteiger partial charge in [0.2, 0.25) is 0 Å². The monoisotopic (exact) mass is 363 g/mol. The van der Waals surface area contributed by atoms with Gasteiger partial charge in [-0.1, -0.05) is 27.2 Å². The molecule has 0 saturated heterocycles. The molecule has 25 heavy (non-hydrogen) atoms. The molecule has 0 aromatic heterocycles. The van der Waals surface area contributed by atoms with Gasteiger partial charge in [0.15, 0.2) is 11.9 Å². The Labute approximate surface area is 149 Å². The van der Waals surface area contributed by atoms with Crippen molar-refractivity contribution < 1.29 is 22.6 Å². The van der Waals surface area contributed by atoms with Gasteiger partial charge in [-0.15, -0.1) is 0 Å². The minimum atomic E-state index is -4.43. The van der Waals surface area contributed by atoms with Gasteiger partial charge < -0.3 is 9.47 Å². The van der Waals surface area contributed by atoms with Crippen molar-refractivity contribution in [2.45, 2.75) is 91.2 Å². The smallest absolute Gasteiger partial charge is 0.353 e. The highest BCUT2D eigenvalue weighted by Crippen LogP contribution is 2.55. The Morgan fingerprint density at radius 3 is 2.40 bits per heavy atom. The van der Waals surface area contributed by atoms with Gasteiger partial charge in [-0.25, -0.2) is 0 Å². The number of nitrogens with zero attached hydrogens (tertiary/aromatic N) is 1. The molecule has 1 saturated carbocycles. The maximum atomic E-state index is 13.9. The fraction of sp³-hybridized carbons (Fsp3) is 0.947. The lowest BCUT2D eigenvalue weighted by Gasteiger charge is -2.39. The topological polar surface area (TPSA) is 42.2 Å². The zero-order valence-electron chi connectivity index (χ0n) is 16.1. The SMILES string of the molecule is CCCOC(C)OC1(C(F)(F)F)CCC(C(C)(CC)CC(C)C#N)C1. The Morgan fingerprint density at radius 1 is 1.28 bits per heavy atom. The van der Waals surface area contributed by atoms with Crippen LogP contribution in [0.3, 0.4) is 0 Å². The molecule has 0 radical (unpaired) electrons. The number of nitriles is 1. The van der Waals surface area contributed by atoms with Gasteiger partial charge >= 0.3 is 6.18 Å². The first kappa shape index (κ1) is 22.2. The van der Waals surface area contributed by atoms with E-state index in [4.69, 9.17) is 14.7 Å². The highest BCUT2D eigenvalue weighted by atomic mass is 19.4. The van der Waals surface area contributed by atoms with Crippen molar-refractivity contribution in [3.05, 3.63) is 0 Å². The Balaban J connectivity index is 2.96. The molecule has 0 aliphatic heterocycles. The molecule has 6 heteroatoms. The van der Waals surface area contributed by atoms with Crippen LogP contribution in [0.1, 0.15) is 73.1 Å². The van der Waals surface area contributed by atoms with E-state index in [-0.39, 0.29) is 30.1 Å². The van der Waals surface area contributed by atoms with E-state index in [1.165, 1.54) is 6.92 Å². The largest absolute Gasteiger partial charge is 0.417 e. The van der Waals surface area contributed by atoms with E-state index in [1.807, 2.05) is 27.7 Å². The summed E-state index contributed by atoms with van der Waals surface area (Å²) in [5, 5.41) is 9.10. The minimum Gasteiger partial charge on any atom is -0.353 e. The van der Waals surface area contributed by atoms with E-state index in [0.717, 1.165) is 12.8 Å². The van der Waals surface area contributed by atoms with Crippen LogP contribution in [0.15, 0.2) is 0 Å². The van der Waals surface area contributed by atoms with E-state index >= 15 is 0 Å². The lowest BCUT2D eigenvalue weighted by Crippen LogP contribution is -2.48. The summed E-state index contributed by atoms with van der Waals surface area (Å²) in [5.74, 6) is -0.285. The fourth-order valence-electron chi connectivity index (χ4n) is 4.02. The third-order valence-corrected chi connectivity index (χ3v) is 5.72. The molecule has 5 unspecified atom stereocenters. The second-order valence-electron chi connectivity index (χ2n) is 7.73. The number of halogens is 3. The van der Waals surface area contributed by atoms with Gasteiger partial charge in [0, 0.05) is 12.5 Å². The molecule has 3 nitrogen and oxygen atoms in total. The van der Waals surface area contributed by atoms with Crippen LogP contribution in [0.5, 0.6) is 0 Å². The first-order valence-corrected chi connectivity index (χ1v) is 9.29. The van der Waals surface area contributed by atoms with Crippen molar-refractivity contribution in [3.63, 3.8) is 0 Å². The van der Waals surface area contributed by atoms with Crippen LogP contribution >= 0.6 is 0 Å². The molecule has 0 spiro atoms. The van der Waals surface area contributed by atoms with Crippen LogP contribution in [0, 0.1) is 28.6 Å². The van der Waals surface area contributed by atoms with E-state index in [9.17, 15) is 13.2 Å². The van der Waals surface area contributed by atoms with E-state index < -0.39 is 18.1 Å². The highest BCUT2D eigenvalue weighted by Gasteiger charge is 2.62. The lowest BCUT2D eigenvalue weighted by molar-refractivity contribution is -0.320. The summed E-state index contributed by atoms with van der Waals surface area (Å²) in [7, 11) is 0. The van der Waals surface area contributed by atoms with Crippen molar-refractivity contribution in [2.24, 2.45) is 17.3 Å². The van der Waals surface area contributed by atoms with Crippen molar-refractivity contribution in [3.8, 4) is 6.07 Å². The lowest BCUT2D eigenvalue weighted by atomic mass is 9.68. The van der Waals surface area contributed by atoms with Crippen LogP contribution in [0.4, 0.5) is 13.2 Å². The molecule has 1 aliphatic carbocycles. The number of alkyl halides is 3. The summed E-state index contributed by atoms with van der Waals surface area (Å²) in [5.41, 5.74) is -2.43. The van der Waals surface area contributed by atoms with Crippen LogP contribution in [-0.4, -0.2) is 24.7 Å². The molecule has 0 aromatic rings. The number of hydrogen-bond donors (Lipinski definition) is 0.